The zero-order valence-corrected chi connectivity index (χ0v) is 9.42. The van der Waals surface area contributed by atoms with Gasteiger partial charge in [0.15, 0.2) is 5.92 Å². The van der Waals surface area contributed by atoms with E-state index in [1.54, 1.807) is 6.92 Å². The lowest BCUT2D eigenvalue weighted by molar-refractivity contribution is -0.239. The van der Waals surface area contributed by atoms with Crippen molar-refractivity contribution in [2.24, 2.45) is 5.92 Å². The molecule has 0 atom stereocenters. The van der Waals surface area contributed by atoms with E-state index in [0.29, 0.717) is 6.42 Å². The maximum atomic E-state index is 11.1. The average molecular weight is 202 g/mol. The second-order valence-electron chi connectivity index (χ2n) is 3.20. The largest absolute Gasteiger partial charge is 0.422 e. The van der Waals surface area contributed by atoms with E-state index in [1.165, 1.54) is 13.8 Å². The van der Waals surface area contributed by atoms with Gasteiger partial charge in [-0.3, -0.25) is 9.59 Å². The molecule has 82 valence electrons. The lowest BCUT2D eigenvalue weighted by atomic mass is 10.1. The number of hydrogen-bond acceptors (Lipinski definition) is 4. The minimum Gasteiger partial charge on any atom is -0.422 e. The first-order valence-electron chi connectivity index (χ1n) is 4.92. The molecule has 4 heteroatoms. The molecule has 0 aromatic rings. The third kappa shape index (κ3) is 3.01. The van der Waals surface area contributed by atoms with E-state index < -0.39 is 23.6 Å². The summed E-state index contributed by atoms with van der Waals surface area (Å²) in [6.45, 7) is 8.81. The molecule has 14 heavy (non-hydrogen) atoms. The number of carbonyl (C=O) groups excluding carboxylic acids is 2. The van der Waals surface area contributed by atoms with Crippen LogP contribution in [0.15, 0.2) is 0 Å². The molecule has 0 saturated carbocycles. The van der Waals surface area contributed by atoms with Crippen LogP contribution in [0.4, 0.5) is 0 Å². The van der Waals surface area contributed by atoms with Gasteiger partial charge in [0.25, 0.3) is 5.79 Å². The van der Waals surface area contributed by atoms with Gasteiger partial charge in [-0.1, -0.05) is 20.8 Å². The smallest absolute Gasteiger partial charge is 0.323 e. The van der Waals surface area contributed by atoms with Crippen molar-refractivity contribution in [2.45, 2.75) is 46.8 Å². The Labute approximate surface area is 84.6 Å². The van der Waals surface area contributed by atoms with Crippen LogP contribution >= 0.6 is 0 Å². The molecule has 1 saturated heterocycles. The van der Waals surface area contributed by atoms with Gasteiger partial charge in [0.2, 0.25) is 0 Å². The van der Waals surface area contributed by atoms with Crippen LogP contribution < -0.4 is 0 Å². The molecule has 0 radical (unpaired) electrons. The summed E-state index contributed by atoms with van der Waals surface area (Å²) in [6.07, 6.45) is 0.424. The Bertz CT molecular complexity index is 200. The van der Waals surface area contributed by atoms with E-state index >= 15 is 0 Å². The molecule has 1 aliphatic heterocycles. The van der Waals surface area contributed by atoms with Crippen LogP contribution in [0.3, 0.4) is 0 Å². The molecule has 0 unspecified atom stereocenters. The molecular weight excluding hydrogens is 184 g/mol. The van der Waals surface area contributed by atoms with Gasteiger partial charge in [-0.25, -0.2) is 0 Å². The Balaban J connectivity index is 0.000000791. The third-order valence-electron chi connectivity index (χ3n) is 1.67. The van der Waals surface area contributed by atoms with E-state index in [2.05, 4.69) is 0 Å². The monoisotopic (exact) mass is 202 g/mol. The number of carbonyl (C=O) groups is 2. The second kappa shape index (κ2) is 4.98. The van der Waals surface area contributed by atoms with E-state index in [0.717, 1.165) is 0 Å². The summed E-state index contributed by atoms with van der Waals surface area (Å²) in [4.78, 5) is 22.3. The number of ether oxygens (including phenoxy) is 2. The highest BCUT2D eigenvalue weighted by atomic mass is 16.7. The van der Waals surface area contributed by atoms with Crippen molar-refractivity contribution in [1.29, 1.82) is 0 Å². The quantitative estimate of drug-likeness (QED) is 0.481. The lowest BCUT2D eigenvalue weighted by Gasteiger charge is -2.32. The van der Waals surface area contributed by atoms with Gasteiger partial charge in [-0.2, -0.15) is 0 Å². The van der Waals surface area contributed by atoms with Gasteiger partial charge >= 0.3 is 11.9 Å². The molecule has 4 nitrogen and oxygen atoms in total. The van der Waals surface area contributed by atoms with Crippen LogP contribution in [-0.2, 0) is 19.1 Å². The summed E-state index contributed by atoms with van der Waals surface area (Å²) in [7, 11) is 0. The fraction of sp³-hybridized carbons (Fsp3) is 0.800. The zero-order valence-electron chi connectivity index (χ0n) is 9.42. The molecular formula is C10H18O4. The predicted octanol–water partition coefficient (Wildman–Crippen LogP) is 1.87. The Morgan fingerprint density at radius 3 is 1.79 bits per heavy atom. The fourth-order valence-electron chi connectivity index (χ4n) is 1.08. The minimum absolute atomic E-state index is 0.424. The van der Waals surface area contributed by atoms with Crippen LogP contribution in [-0.4, -0.2) is 17.7 Å². The molecule has 0 amide bonds. The van der Waals surface area contributed by atoms with Crippen LogP contribution in [0.1, 0.15) is 41.0 Å². The lowest BCUT2D eigenvalue weighted by Crippen LogP contribution is -2.45. The molecule has 0 N–H and O–H groups in total. The van der Waals surface area contributed by atoms with Crippen LogP contribution in [0.5, 0.6) is 0 Å². The van der Waals surface area contributed by atoms with Gasteiger partial charge in [0, 0.05) is 13.8 Å². The maximum absolute atomic E-state index is 11.1. The predicted molar refractivity (Wildman–Crippen MR) is 51.4 cm³/mol. The normalized spacial score (nSPS) is 20.4. The summed E-state index contributed by atoms with van der Waals surface area (Å²) >= 11 is 0. The molecule has 0 aromatic carbocycles. The van der Waals surface area contributed by atoms with Gasteiger partial charge in [0.1, 0.15) is 0 Å². The molecule has 0 spiro atoms. The first-order valence-corrected chi connectivity index (χ1v) is 4.92. The summed E-state index contributed by atoms with van der Waals surface area (Å²) in [5.41, 5.74) is 0. The molecule has 0 aromatic heterocycles. The SMILES string of the molecule is CC.CCC1C(=O)OC(C)(C)OC1=O. The summed E-state index contributed by atoms with van der Waals surface area (Å²) in [6, 6.07) is 0. The van der Waals surface area contributed by atoms with Gasteiger partial charge in [-0.15, -0.1) is 0 Å². The summed E-state index contributed by atoms with van der Waals surface area (Å²) in [5, 5.41) is 0. The molecule has 1 aliphatic rings. The Morgan fingerprint density at radius 1 is 1.14 bits per heavy atom. The molecule has 1 fully saturated rings. The van der Waals surface area contributed by atoms with Crippen molar-refractivity contribution in [3.05, 3.63) is 0 Å². The number of cyclic esters (lactones) is 2. The van der Waals surface area contributed by atoms with Crippen LogP contribution in [0.25, 0.3) is 0 Å². The van der Waals surface area contributed by atoms with Gasteiger partial charge in [0.05, 0.1) is 0 Å². The Hall–Kier alpha value is -1.06. The van der Waals surface area contributed by atoms with E-state index in [1.807, 2.05) is 13.8 Å². The first-order chi connectivity index (χ1) is 6.46. The zero-order chi connectivity index (χ0) is 11.4. The second-order valence-corrected chi connectivity index (χ2v) is 3.20. The molecule has 1 heterocycles. The van der Waals surface area contributed by atoms with E-state index in [4.69, 9.17) is 9.47 Å². The van der Waals surface area contributed by atoms with Crippen LogP contribution in [0, 0.1) is 5.92 Å². The number of esters is 2. The highest BCUT2D eigenvalue weighted by Gasteiger charge is 2.41. The van der Waals surface area contributed by atoms with Gasteiger partial charge < -0.3 is 9.47 Å². The average Bonchev–Trinajstić information content (AvgIpc) is 2.05. The molecule has 0 aliphatic carbocycles. The number of hydrogen-bond donors (Lipinski definition) is 0. The van der Waals surface area contributed by atoms with E-state index in [-0.39, 0.29) is 0 Å². The van der Waals surface area contributed by atoms with E-state index in [9.17, 15) is 9.59 Å². The van der Waals surface area contributed by atoms with Crippen molar-refractivity contribution >= 4 is 11.9 Å². The molecule has 0 bridgehead atoms. The van der Waals surface area contributed by atoms with Crippen molar-refractivity contribution in [3.8, 4) is 0 Å². The Kier molecular flexibility index (Phi) is 4.60. The standard InChI is InChI=1S/C8H12O4.C2H6/c1-4-5-6(9)11-8(2,3)12-7(5)10;1-2/h5H,4H2,1-3H3;1-2H3. The number of rotatable bonds is 1. The van der Waals surface area contributed by atoms with Crippen LogP contribution in [0.2, 0.25) is 0 Å². The van der Waals surface area contributed by atoms with Crippen molar-refractivity contribution in [1.82, 2.24) is 0 Å². The molecule has 1 rings (SSSR count). The maximum Gasteiger partial charge on any atom is 0.323 e. The first kappa shape index (κ1) is 12.9. The van der Waals surface area contributed by atoms with Crippen molar-refractivity contribution < 1.29 is 19.1 Å². The fourth-order valence-corrected chi connectivity index (χ4v) is 1.08. The van der Waals surface area contributed by atoms with Crippen molar-refractivity contribution in [3.63, 3.8) is 0 Å². The van der Waals surface area contributed by atoms with Gasteiger partial charge in [-0.05, 0) is 6.42 Å². The third-order valence-corrected chi connectivity index (χ3v) is 1.67. The summed E-state index contributed by atoms with van der Waals surface area (Å²) in [5.74, 6) is -2.81. The topological polar surface area (TPSA) is 52.6 Å². The summed E-state index contributed by atoms with van der Waals surface area (Å²) < 4.78 is 9.73. The minimum atomic E-state index is -1.10. The highest BCUT2D eigenvalue weighted by Crippen LogP contribution is 2.24. The van der Waals surface area contributed by atoms with Crippen molar-refractivity contribution in [2.75, 3.05) is 0 Å². The highest BCUT2D eigenvalue weighted by molar-refractivity contribution is 5.96. The Morgan fingerprint density at radius 2 is 1.50 bits per heavy atom.